The van der Waals surface area contributed by atoms with E-state index in [9.17, 15) is 0 Å². The van der Waals surface area contributed by atoms with Crippen molar-refractivity contribution in [2.75, 3.05) is 23.9 Å². The summed E-state index contributed by atoms with van der Waals surface area (Å²) in [6, 6.07) is 52.1. The third-order valence-electron chi connectivity index (χ3n) is 12.7. The van der Waals surface area contributed by atoms with Crippen LogP contribution in [0.2, 0.25) is 0 Å². The van der Waals surface area contributed by atoms with Crippen LogP contribution >= 0.6 is 23.5 Å². The summed E-state index contributed by atoms with van der Waals surface area (Å²) in [6.07, 6.45) is 11.7. The lowest BCUT2D eigenvalue weighted by molar-refractivity contribution is 1.11. The highest BCUT2D eigenvalue weighted by molar-refractivity contribution is 8.00. The quantitative estimate of drug-likeness (QED) is 0.181. The molecular formula is C56H38N8S2. The normalized spacial score (nSPS) is 13.6. The Kier molecular flexibility index (Phi) is 8.97. The number of rotatable bonds is 4. The number of hydrogen-bond acceptors (Lipinski definition) is 8. The average Bonchev–Trinajstić information content (AvgIpc) is 4.15. The van der Waals surface area contributed by atoms with Crippen molar-refractivity contribution in [3.63, 3.8) is 0 Å². The first kappa shape index (κ1) is 38.5. The largest absolute Gasteiger partial charge is 0.355 e. The molecule has 10 heteroatoms. The van der Waals surface area contributed by atoms with Gasteiger partial charge >= 0.3 is 0 Å². The lowest BCUT2D eigenvalue weighted by Crippen LogP contribution is -2.14. The van der Waals surface area contributed by atoms with Gasteiger partial charge in [-0.15, -0.1) is 0 Å². The molecule has 0 spiro atoms. The summed E-state index contributed by atoms with van der Waals surface area (Å²) >= 11 is 3.63. The topological polar surface area (TPSA) is 89.6 Å². The van der Waals surface area contributed by atoms with E-state index in [1.165, 1.54) is 42.3 Å². The Hall–Kier alpha value is -7.92. The number of aromatic amines is 2. The molecule has 66 heavy (non-hydrogen) atoms. The van der Waals surface area contributed by atoms with Crippen LogP contribution in [-0.4, -0.2) is 44.0 Å². The van der Waals surface area contributed by atoms with E-state index in [2.05, 4.69) is 177 Å². The Morgan fingerprint density at radius 1 is 0.409 bits per heavy atom. The summed E-state index contributed by atoms with van der Waals surface area (Å²) in [6.45, 7) is 0. The zero-order valence-electron chi connectivity index (χ0n) is 35.8. The standard InChI is InChI=1S/C56H38N8S2/c1-63-49-7-3-5-9-53(49)65-55-23-35(11-13-51(55)63)43-27-39-29-45-42(34-17-21-58-22-18-34)26-38(60-45)32-48-44(36-12-14-52-56(24-36)66-54-10-6-4-8-50(54)64(52)2)28-40(62-48)30-46-41(33-15-19-57-20-16-33)25-37(59-46)31-47(43)61-39/h3-32,61-62H,1-2H3. The summed E-state index contributed by atoms with van der Waals surface area (Å²) in [4.78, 5) is 36.5. The molecule has 0 atom stereocenters. The number of anilines is 4. The highest BCUT2D eigenvalue weighted by Crippen LogP contribution is 2.50. The number of fused-ring (bicyclic) bond motifs is 12. The maximum absolute atomic E-state index is 5.35. The number of H-pyrrole nitrogens is 2. The summed E-state index contributed by atoms with van der Waals surface area (Å²) in [5, 5.41) is 0. The van der Waals surface area contributed by atoms with Gasteiger partial charge in [-0.2, -0.15) is 0 Å². The third kappa shape index (κ3) is 6.64. The van der Waals surface area contributed by atoms with Gasteiger partial charge < -0.3 is 19.8 Å². The molecule has 5 aromatic heterocycles. The molecular weight excluding hydrogens is 849 g/mol. The van der Waals surface area contributed by atoms with Gasteiger partial charge in [-0.05, 0) is 144 Å². The molecule has 4 aliphatic heterocycles. The monoisotopic (exact) mass is 886 g/mol. The van der Waals surface area contributed by atoms with Crippen molar-refractivity contribution in [2.24, 2.45) is 0 Å². The van der Waals surface area contributed by atoms with E-state index < -0.39 is 0 Å². The molecule has 13 rings (SSSR count). The van der Waals surface area contributed by atoms with Gasteiger partial charge in [-0.1, -0.05) is 59.9 Å². The van der Waals surface area contributed by atoms with E-state index in [1.54, 1.807) is 0 Å². The van der Waals surface area contributed by atoms with Crippen molar-refractivity contribution in [2.45, 2.75) is 19.6 Å². The third-order valence-corrected chi connectivity index (χ3v) is 14.9. The van der Waals surface area contributed by atoms with Crippen LogP contribution in [0.1, 0.15) is 33.9 Å². The zero-order valence-corrected chi connectivity index (χ0v) is 37.5. The van der Waals surface area contributed by atoms with E-state index in [1.807, 2.05) is 72.6 Å². The minimum atomic E-state index is 0.844. The first-order valence-electron chi connectivity index (χ1n) is 21.8. The van der Waals surface area contributed by atoms with Gasteiger partial charge in [0.25, 0.3) is 0 Å². The van der Waals surface area contributed by atoms with Crippen molar-refractivity contribution in [1.82, 2.24) is 29.9 Å². The van der Waals surface area contributed by atoms with Gasteiger partial charge in [-0.25, -0.2) is 9.97 Å². The van der Waals surface area contributed by atoms with Gasteiger partial charge in [0.15, 0.2) is 0 Å². The van der Waals surface area contributed by atoms with Crippen molar-refractivity contribution >= 4 is 91.6 Å². The van der Waals surface area contributed by atoms with Crippen LogP contribution in [0.4, 0.5) is 22.7 Å². The smallest absolute Gasteiger partial charge is 0.0736 e. The molecule has 0 aliphatic carbocycles. The highest BCUT2D eigenvalue weighted by Gasteiger charge is 2.24. The number of nitrogens with one attached hydrogen (secondary N) is 2. The lowest BCUT2D eigenvalue weighted by atomic mass is 10.0. The first-order chi connectivity index (χ1) is 32.5. The Morgan fingerprint density at radius 2 is 0.833 bits per heavy atom. The Bertz CT molecular complexity index is 3460. The van der Waals surface area contributed by atoms with E-state index in [0.29, 0.717) is 0 Å². The second-order valence-corrected chi connectivity index (χ2v) is 18.9. The number of pyridine rings is 2. The molecule has 2 N–H and O–H groups in total. The summed E-state index contributed by atoms with van der Waals surface area (Å²) in [5.41, 5.74) is 20.5. The van der Waals surface area contributed by atoms with Gasteiger partial charge in [0.2, 0.25) is 0 Å². The van der Waals surface area contributed by atoms with Crippen molar-refractivity contribution in [3.8, 4) is 22.3 Å². The van der Waals surface area contributed by atoms with Crippen LogP contribution in [0.3, 0.4) is 0 Å². The van der Waals surface area contributed by atoms with E-state index in [0.717, 1.165) is 89.4 Å². The second kappa shape index (κ2) is 15.4. The van der Waals surface area contributed by atoms with Crippen LogP contribution in [-0.2, 0) is 0 Å². The van der Waals surface area contributed by atoms with Crippen LogP contribution in [0.15, 0.2) is 190 Å². The molecule has 9 heterocycles. The molecule has 9 aromatic rings. The molecule has 8 bridgehead atoms. The summed E-state index contributed by atoms with van der Waals surface area (Å²) in [5.74, 6) is 0. The van der Waals surface area contributed by atoms with Gasteiger partial charge in [0.1, 0.15) is 0 Å². The number of aromatic nitrogens is 6. The fraction of sp³-hybridized carbons (Fsp3) is 0.0357. The highest BCUT2D eigenvalue weighted by atomic mass is 32.2. The van der Waals surface area contributed by atoms with Crippen molar-refractivity contribution in [3.05, 3.63) is 204 Å². The minimum absolute atomic E-state index is 0.844. The molecule has 314 valence electrons. The SMILES string of the molecule is CN1c2ccccc2Sc2cc(-c3cc4cc5nc(cc6[nH]c(cc7nc(cc3[nH]4)C=C7c3ccncc3)cc6-c3ccc4c(c3)Sc3ccccc3N4C)C=C5c3ccncc3)ccc21. The van der Waals surface area contributed by atoms with Gasteiger partial charge in [0.05, 0.1) is 45.5 Å². The van der Waals surface area contributed by atoms with Crippen molar-refractivity contribution in [1.29, 1.82) is 0 Å². The molecule has 4 aromatic carbocycles. The predicted octanol–water partition coefficient (Wildman–Crippen LogP) is 14.1. The molecule has 0 fully saturated rings. The number of benzene rings is 4. The minimum Gasteiger partial charge on any atom is -0.355 e. The Morgan fingerprint density at radius 3 is 1.29 bits per heavy atom. The van der Waals surface area contributed by atoms with Gasteiger partial charge in [-0.3, -0.25) is 9.97 Å². The fourth-order valence-electron chi connectivity index (χ4n) is 9.45. The summed E-state index contributed by atoms with van der Waals surface area (Å²) in [7, 11) is 4.29. The number of hydrogen-bond donors (Lipinski definition) is 2. The second-order valence-electron chi connectivity index (χ2n) is 16.7. The Balaban J connectivity index is 1.04. The van der Waals surface area contributed by atoms with Crippen LogP contribution in [0.25, 0.3) is 67.6 Å². The molecule has 0 unspecified atom stereocenters. The van der Waals surface area contributed by atoms with E-state index in [4.69, 9.17) is 9.97 Å². The average molecular weight is 887 g/mol. The summed E-state index contributed by atoms with van der Waals surface area (Å²) < 4.78 is 0. The molecule has 0 radical (unpaired) electrons. The maximum Gasteiger partial charge on any atom is 0.0736 e. The molecule has 0 amide bonds. The maximum atomic E-state index is 5.35. The molecule has 0 saturated carbocycles. The van der Waals surface area contributed by atoms with E-state index in [-0.39, 0.29) is 0 Å². The number of para-hydroxylation sites is 2. The molecule has 0 saturated heterocycles. The zero-order chi connectivity index (χ0) is 43.9. The molecule has 8 nitrogen and oxygen atoms in total. The van der Waals surface area contributed by atoms with Crippen LogP contribution < -0.4 is 9.80 Å². The Labute approximate surface area is 389 Å². The van der Waals surface area contributed by atoms with Crippen LogP contribution in [0, 0.1) is 0 Å². The first-order valence-corrected chi connectivity index (χ1v) is 23.4. The fourth-order valence-corrected chi connectivity index (χ4v) is 11.8. The lowest BCUT2D eigenvalue weighted by Gasteiger charge is -2.29. The number of nitrogens with zero attached hydrogens (tertiary/aromatic N) is 6. The van der Waals surface area contributed by atoms with Gasteiger partial charge in [0, 0.05) is 103 Å². The van der Waals surface area contributed by atoms with Crippen LogP contribution in [0.5, 0.6) is 0 Å². The van der Waals surface area contributed by atoms with E-state index >= 15 is 0 Å². The van der Waals surface area contributed by atoms with Crippen molar-refractivity contribution < 1.29 is 0 Å². The predicted molar refractivity (Wildman–Crippen MR) is 272 cm³/mol. The molecule has 4 aliphatic rings.